The summed E-state index contributed by atoms with van der Waals surface area (Å²) in [4.78, 5) is 23.0. The Balaban J connectivity index is 1.94. The number of esters is 1. The molecule has 0 bridgehead atoms. The van der Waals surface area contributed by atoms with Gasteiger partial charge in [0.15, 0.2) is 5.96 Å². The highest BCUT2D eigenvalue weighted by atomic mass is 16.5. The number of methoxy groups -OCH3 is 1. The van der Waals surface area contributed by atoms with Crippen molar-refractivity contribution in [2.75, 3.05) is 33.4 Å². The molecule has 0 radical (unpaired) electrons. The number of pyridine rings is 1. The Morgan fingerprint density at radius 1 is 1.36 bits per heavy atom. The molecule has 0 aromatic carbocycles. The molecule has 7 heteroatoms. The van der Waals surface area contributed by atoms with Gasteiger partial charge in [0.05, 0.1) is 26.2 Å². The quantitative estimate of drug-likeness (QED) is 0.480. The Kier molecular flexibility index (Phi) is 7.50. The van der Waals surface area contributed by atoms with E-state index in [9.17, 15) is 4.79 Å². The molecule has 2 heterocycles. The van der Waals surface area contributed by atoms with Crippen molar-refractivity contribution in [1.29, 1.82) is 0 Å². The minimum Gasteiger partial charge on any atom is -0.481 e. The predicted octanol–water partition coefficient (Wildman–Crippen LogP) is 1.83. The van der Waals surface area contributed by atoms with E-state index in [1.165, 1.54) is 0 Å². The van der Waals surface area contributed by atoms with Crippen molar-refractivity contribution in [2.45, 2.75) is 33.2 Å². The van der Waals surface area contributed by atoms with Crippen molar-refractivity contribution in [2.24, 2.45) is 10.9 Å². The van der Waals surface area contributed by atoms with Crippen molar-refractivity contribution in [1.82, 2.24) is 15.2 Å². The minimum atomic E-state index is -0.0756. The molecule has 0 spiro atoms. The standard InChI is InChI=1S/C18H28N4O3/c1-4-19-18(21-13-14-6-7-16(24-3)20-12-14)22-10-8-15(9-11-22)17(23)25-5-2/h6-7,12,15H,4-5,8-11,13H2,1-3H3,(H,19,21). The molecule has 2 rings (SSSR count). The number of aliphatic imine (C=N–C) groups is 1. The molecule has 25 heavy (non-hydrogen) atoms. The highest BCUT2D eigenvalue weighted by Gasteiger charge is 2.27. The first-order chi connectivity index (χ1) is 12.2. The third kappa shape index (κ3) is 5.62. The van der Waals surface area contributed by atoms with Crippen molar-refractivity contribution in [3.8, 4) is 5.88 Å². The second-order valence-corrected chi connectivity index (χ2v) is 5.89. The molecule has 1 aromatic rings. The normalized spacial score (nSPS) is 15.8. The van der Waals surface area contributed by atoms with E-state index in [-0.39, 0.29) is 11.9 Å². The molecule has 0 aliphatic carbocycles. The third-order valence-electron chi connectivity index (χ3n) is 4.17. The summed E-state index contributed by atoms with van der Waals surface area (Å²) in [5.74, 6) is 1.40. The predicted molar refractivity (Wildman–Crippen MR) is 96.5 cm³/mol. The monoisotopic (exact) mass is 348 g/mol. The number of piperidine rings is 1. The lowest BCUT2D eigenvalue weighted by Gasteiger charge is -2.33. The van der Waals surface area contributed by atoms with Crippen LogP contribution in [0.2, 0.25) is 0 Å². The van der Waals surface area contributed by atoms with Gasteiger partial charge in [-0.2, -0.15) is 0 Å². The van der Waals surface area contributed by atoms with Crippen molar-refractivity contribution in [3.05, 3.63) is 23.9 Å². The second-order valence-electron chi connectivity index (χ2n) is 5.89. The van der Waals surface area contributed by atoms with E-state index in [2.05, 4.69) is 22.1 Å². The number of nitrogens with zero attached hydrogens (tertiary/aromatic N) is 3. The van der Waals surface area contributed by atoms with Gasteiger partial charge in [0.1, 0.15) is 0 Å². The number of carbonyl (C=O) groups is 1. The number of hydrogen-bond acceptors (Lipinski definition) is 5. The Hall–Kier alpha value is -2.31. The maximum absolute atomic E-state index is 11.9. The zero-order valence-electron chi connectivity index (χ0n) is 15.3. The molecule has 1 fully saturated rings. The van der Waals surface area contributed by atoms with Gasteiger partial charge in [-0.1, -0.05) is 6.07 Å². The van der Waals surface area contributed by atoms with Crippen molar-refractivity contribution in [3.63, 3.8) is 0 Å². The summed E-state index contributed by atoms with van der Waals surface area (Å²) in [7, 11) is 1.60. The van der Waals surface area contributed by atoms with E-state index in [1.807, 2.05) is 19.1 Å². The molecule has 1 N–H and O–H groups in total. The van der Waals surface area contributed by atoms with E-state index in [0.29, 0.717) is 19.0 Å². The van der Waals surface area contributed by atoms with Gasteiger partial charge in [0.2, 0.25) is 5.88 Å². The summed E-state index contributed by atoms with van der Waals surface area (Å²) in [6, 6.07) is 3.80. The van der Waals surface area contributed by atoms with Crippen LogP contribution >= 0.6 is 0 Å². The topological polar surface area (TPSA) is 76.1 Å². The maximum atomic E-state index is 11.9. The molecule has 0 amide bonds. The Bertz CT molecular complexity index is 566. The Morgan fingerprint density at radius 3 is 2.68 bits per heavy atom. The first kappa shape index (κ1) is 19.0. The summed E-state index contributed by atoms with van der Waals surface area (Å²) in [5, 5.41) is 3.33. The number of ether oxygens (including phenoxy) is 2. The lowest BCUT2D eigenvalue weighted by molar-refractivity contribution is -0.149. The molecule has 1 aliphatic heterocycles. The van der Waals surface area contributed by atoms with Crippen LogP contribution in [0, 0.1) is 5.92 Å². The van der Waals surface area contributed by atoms with Crippen LogP contribution in [-0.2, 0) is 16.1 Å². The zero-order chi connectivity index (χ0) is 18.1. The summed E-state index contributed by atoms with van der Waals surface area (Å²) in [6.07, 6.45) is 3.37. The molecular weight excluding hydrogens is 320 g/mol. The summed E-state index contributed by atoms with van der Waals surface area (Å²) in [6.45, 7) is 7.30. The molecule has 0 unspecified atom stereocenters. The molecule has 7 nitrogen and oxygen atoms in total. The lowest BCUT2D eigenvalue weighted by atomic mass is 9.97. The fraction of sp³-hybridized carbons (Fsp3) is 0.611. The van der Waals surface area contributed by atoms with E-state index in [1.54, 1.807) is 13.3 Å². The van der Waals surface area contributed by atoms with Crippen LogP contribution in [0.15, 0.2) is 23.3 Å². The summed E-state index contributed by atoms with van der Waals surface area (Å²) < 4.78 is 10.2. The minimum absolute atomic E-state index is 0.00450. The van der Waals surface area contributed by atoms with Gasteiger partial charge in [0, 0.05) is 31.9 Å². The average Bonchev–Trinajstić information content (AvgIpc) is 2.66. The molecular formula is C18H28N4O3. The molecule has 0 atom stereocenters. The Morgan fingerprint density at radius 2 is 2.12 bits per heavy atom. The van der Waals surface area contributed by atoms with Gasteiger partial charge < -0.3 is 19.7 Å². The Labute approximate surface area is 149 Å². The smallest absolute Gasteiger partial charge is 0.309 e. The summed E-state index contributed by atoms with van der Waals surface area (Å²) in [5.41, 5.74) is 1.03. The highest BCUT2D eigenvalue weighted by Crippen LogP contribution is 2.19. The maximum Gasteiger partial charge on any atom is 0.309 e. The average molecular weight is 348 g/mol. The number of aromatic nitrogens is 1. The van der Waals surface area contributed by atoms with Crippen LogP contribution in [0.4, 0.5) is 0 Å². The number of hydrogen-bond donors (Lipinski definition) is 1. The number of nitrogens with one attached hydrogen (secondary N) is 1. The number of likely N-dealkylation sites (tertiary alicyclic amines) is 1. The number of carbonyl (C=O) groups excluding carboxylic acids is 1. The first-order valence-electron chi connectivity index (χ1n) is 8.86. The van der Waals surface area contributed by atoms with Gasteiger partial charge >= 0.3 is 5.97 Å². The first-order valence-corrected chi connectivity index (χ1v) is 8.86. The van der Waals surface area contributed by atoms with Crippen LogP contribution in [0.5, 0.6) is 5.88 Å². The fourth-order valence-electron chi connectivity index (χ4n) is 2.80. The van der Waals surface area contributed by atoms with E-state index < -0.39 is 0 Å². The molecule has 0 saturated carbocycles. The molecule has 1 aromatic heterocycles. The third-order valence-corrected chi connectivity index (χ3v) is 4.17. The lowest BCUT2D eigenvalue weighted by Crippen LogP contribution is -2.46. The van der Waals surface area contributed by atoms with Gasteiger partial charge in [-0.05, 0) is 32.3 Å². The van der Waals surface area contributed by atoms with E-state index in [0.717, 1.165) is 44.0 Å². The van der Waals surface area contributed by atoms with Gasteiger partial charge in [-0.25, -0.2) is 9.98 Å². The summed E-state index contributed by atoms with van der Waals surface area (Å²) >= 11 is 0. The van der Waals surface area contributed by atoms with Crippen molar-refractivity contribution >= 4 is 11.9 Å². The van der Waals surface area contributed by atoms with Crippen LogP contribution in [0.25, 0.3) is 0 Å². The largest absolute Gasteiger partial charge is 0.481 e. The SMILES string of the molecule is CCNC(=NCc1ccc(OC)nc1)N1CCC(C(=O)OCC)CC1. The van der Waals surface area contributed by atoms with Crippen LogP contribution in [0.3, 0.4) is 0 Å². The van der Waals surface area contributed by atoms with Crippen LogP contribution in [-0.4, -0.2) is 55.2 Å². The van der Waals surface area contributed by atoms with Crippen molar-refractivity contribution < 1.29 is 14.3 Å². The number of guanidine groups is 1. The van der Waals surface area contributed by atoms with Crippen LogP contribution in [0.1, 0.15) is 32.3 Å². The van der Waals surface area contributed by atoms with Crippen LogP contribution < -0.4 is 10.1 Å². The van der Waals surface area contributed by atoms with E-state index >= 15 is 0 Å². The van der Waals surface area contributed by atoms with Gasteiger partial charge in [0.25, 0.3) is 0 Å². The van der Waals surface area contributed by atoms with E-state index in [4.69, 9.17) is 14.5 Å². The second kappa shape index (κ2) is 9.86. The molecule has 1 saturated heterocycles. The molecule has 1 aliphatic rings. The fourth-order valence-corrected chi connectivity index (χ4v) is 2.80. The van der Waals surface area contributed by atoms with Gasteiger partial charge in [-0.3, -0.25) is 4.79 Å². The zero-order valence-corrected chi connectivity index (χ0v) is 15.3. The highest BCUT2D eigenvalue weighted by molar-refractivity contribution is 5.80. The molecule has 138 valence electrons. The number of rotatable bonds is 6. The van der Waals surface area contributed by atoms with Gasteiger partial charge in [-0.15, -0.1) is 0 Å².